The van der Waals surface area contributed by atoms with E-state index >= 15 is 0 Å². The third-order valence-corrected chi connectivity index (χ3v) is 4.31. The van der Waals surface area contributed by atoms with Gasteiger partial charge in [0.2, 0.25) is 0 Å². The Labute approximate surface area is 127 Å². The number of ether oxygens (including phenoxy) is 1. The molecule has 20 heavy (non-hydrogen) atoms. The Morgan fingerprint density at radius 2 is 2.10 bits per heavy atom. The van der Waals surface area contributed by atoms with Gasteiger partial charge in [-0.1, -0.05) is 18.2 Å². The molecule has 0 unspecified atom stereocenters. The van der Waals surface area contributed by atoms with Gasteiger partial charge in [0.1, 0.15) is 22.8 Å². The normalized spacial score (nSPS) is 15.2. The van der Waals surface area contributed by atoms with Crippen LogP contribution >= 0.6 is 15.9 Å². The van der Waals surface area contributed by atoms with Crippen LogP contribution < -0.4 is 4.74 Å². The Morgan fingerprint density at radius 3 is 2.90 bits per heavy atom. The molecule has 1 aliphatic heterocycles. The van der Waals surface area contributed by atoms with E-state index in [4.69, 9.17) is 4.74 Å². The quantitative estimate of drug-likeness (QED) is 0.863. The molecule has 0 bridgehead atoms. The topological polar surface area (TPSA) is 30.3 Å². The molecule has 0 amide bonds. The second kappa shape index (κ2) is 5.58. The van der Waals surface area contributed by atoms with Gasteiger partial charge in [-0.25, -0.2) is 4.98 Å². The Hall–Kier alpha value is -1.33. The number of likely N-dealkylation sites (N-methyl/N-ethyl adjacent to an activating group) is 1. The summed E-state index contributed by atoms with van der Waals surface area (Å²) in [5.74, 6) is 1.91. The molecule has 2 aromatic rings. The number of aromatic nitrogens is 2. The molecule has 1 aromatic heterocycles. The van der Waals surface area contributed by atoms with Gasteiger partial charge in [-0.05, 0) is 41.5 Å². The van der Waals surface area contributed by atoms with Crippen molar-refractivity contribution in [2.75, 3.05) is 13.6 Å². The number of fused-ring (bicyclic) bond motifs is 1. The van der Waals surface area contributed by atoms with E-state index in [0.29, 0.717) is 6.61 Å². The van der Waals surface area contributed by atoms with Gasteiger partial charge in [-0.15, -0.1) is 0 Å². The molecule has 0 radical (unpaired) electrons. The fourth-order valence-electron chi connectivity index (χ4n) is 2.50. The van der Waals surface area contributed by atoms with Crippen LogP contribution in [0.3, 0.4) is 0 Å². The lowest BCUT2D eigenvalue weighted by Crippen LogP contribution is -2.31. The van der Waals surface area contributed by atoms with Crippen molar-refractivity contribution in [3.63, 3.8) is 0 Å². The van der Waals surface area contributed by atoms with Crippen molar-refractivity contribution in [1.29, 1.82) is 0 Å². The van der Waals surface area contributed by atoms with Crippen molar-refractivity contribution in [3.05, 3.63) is 46.0 Å². The van der Waals surface area contributed by atoms with Crippen LogP contribution in [0.5, 0.6) is 5.75 Å². The van der Waals surface area contributed by atoms with E-state index in [1.807, 2.05) is 18.2 Å². The van der Waals surface area contributed by atoms with E-state index in [1.54, 1.807) is 0 Å². The predicted octanol–water partition coefficient (Wildman–Crippen LogP) is 2.98. The first-order valence-electron chi connectivity index (χ1n) is 6.76. The zero-order valence-electron chi connectivity index (χ0n) is 11.8. The number of hydrogen-bond donors (Lipinski definition) is 0. The zero-order valence-corrected chi connectivity index (χ0v) is 13.4. The molecule has 0 N–H and O–H groups in total. The van der Waals surface area contributed by atoms with Crippen LogP contribution in [0, 0.1) is 6.92 Å². The highest BCUT2D eigenvalue weighted by atomic mass is 79.9. The SMILES string of the molecule is Cc1ccccc1OCc1nc(Br)c2n1CCN(C)C2. The Kier molecular flexibility index (Phi) is 3.81. The van der Waals surface area contributed by atoms with Crippen LogP contribution in [-0.2, 0) is 19.7 Å². The molecule has 0 fully saturated rings. The lowest BCUT2D eigenvalue weighted by atomic mass is 10.2. The molecular weight excluding hydrogens is 318 g/mol. The highest BCUT2D eigenvalue weighted by Gasteiger charge is 2.21. The third-order valence-electron chi connectivity index (χ3n) is 3.68. The maximum Gasteiger partial charge on any atom is 0.148 e. The van der Waals surface area contributed by atoms with E-state index in [1.165, 1.54) is 5.69 Å². The number of benzene rings is 1. The predicted molar refractivity (Wildman–Crippen MR) is 81.8 cm³/mol. The van der Waals surface area contributed by atoms with Gasteiger partial charge in [0.05, 0.1) is 5.69 Å². The molecule has 0 saturated carbocycles. The Balaban J connectivity index is 1.79. The van der Waals surface area contributed by atoms with Crippen molar-refractivity contribution in [3.8, 4) is 5.75 Å². The number of rotatable bonds is 3. The molecular formula is C15H18BrN3O. The van der Waals surface area contributed by atoms with Gasteiger partial charge in [0, 0.05) is 19.6 Å². The van der Waals surface area contributed by atoms with Crippen LogP contribution in [0.25, 0.3) is 0 Å². The van der Waals surface area contributed by atoms with E-state index in [-0.39, 0.29) is 0 Å². The van der Waals surface area contributed by atoms with E-state index < -0.39 is 0 Å². The fraction of sp³-hybridized carbons (Fsp3) is 0.400. The number of halogens is 1. The van der Waals surface area contributed by atoms with E-state index in [0.717, 1.165) is 41.4 Å². The minimum atomic E-state index is 0.507. The van der Waals surface area contributed by atoms with Crippen LogP contribution in [0.1, 0.15) is 17.1 Å². The van der Waals surface area contributed by atoms with E-state index in [2.05, 4.69) is 50.4 Å². The molecule has 3 rings (SSSR count). The Morgan fingerprint density at radius 1 is 1.30 bits per heavy atom. The molecule has 0 aliphatic carbocycles. The fourth-order valence-corrected chi connectivity index (χ4v) is 3.04. The first-order valence-corrected chi connectivity index (χ1v) is 7.55. The highest BCUT2D eigenvalue weighted by Crippen LogP contribution is 2.24. The molecule has 0 saturated heterocycles. The molecule has 106 valence electrons. The third kappa shape index (κ3) is 2.60. The van der Waals surface area contributed by atoms with Crippen LogP contribution in [0.4, 0.5) is 0 Å². The van der Waals surface area contributed by atoms with Gasteiger partial charge < -0.3 is 9.30 Å². The molecule has 1 aromatic carbocycles. The summed E-state index contributed by atoms with van der Waals surface area (Å²) in [5.41, 5.74) is 2.39. The summed E-state index contributed by atoms with van der Waals surface area (Å²) in [7, 11) is 2.13. The zero-order chi connectivity index (χ0) is 14.1. The maximum absolute atomic E-state index is 5.91. The maximum atomic E-state index is 5.91. The lowest BCUT2D eigenvalue weighted by molar-refractivity contribution is 0.248. The number of hydrogen-bond acceptors (Lipinski definition) is 3. The minimum Gasteiger partial charge on any atom is -0.485 e. The molecule has 2 heterocycles. The minimum absolute atomic E-state index is 0.507. The standard InChI is InChI=1S/C15H18BrN3O/c1-11-5-3-4-6-13(11)20-10-14-17-15(16)12-9-18(2)7-8-19(12)14/h3-6H,7-10H2,1-2H3. The number of imidazole rings is 1. The highest BCUT2D eigenvalue weighted by molar-refractivity contribution is 9.10. The summed E-state index contributed by atoms with van der Waals surface area (Å²) >= 11 is 3.56. The largest absolute Gasteiger partial charge is 0.485 e. The van der Waals surface area contributed by atoms with Gasteiger partial charge in [0.25, 0.3) is 0 Å². The average Bonchev–Trinajstić information content (AvgIpc) is 2.74. The molecule has 0 atom stereocenters. The number of para-hydroxylation sites is 1. The second-order valence-electron chi connectivity index (χ2n) is 5.21. The van der Waals surface area contributed by atoms with Gasteiger partial charge >= 0.3 is 0 Å². The average molecular weight is 336 g/mol. The van der Waals surface area contributed by atoms with Gasteiger partial charge in [-0.3, -0.25) is 4.90 Å². The summed E-state index contributed by atoms with van der Waals surface area (Å²) in [4.78, 5) is 6.90. The van der Waals surface area contributed by atoms with Crippen molar-refractivity contribution >= 4 is 15.9 Å². The van der Waals surface area contributed by atoms with Crippen molar-refractivity contribution < 1.29 is 4.74 Å². The van der Waals surface area contributed by atoms with Gasteiger partial charge in [0.15, 0.2) is 0 Å². The number of aryl methyl sites for hydroxylation is 1. The summed E-state index contributed by atoms with van der Waals surface area (Å²) < 4.78 is 9.11. The second-order valence-corrected chi connectivity index (χ2v) is 5.96. The van der Waals surface area contributed by atoms with Crippen molar-refractivity contribution in [2.45, 2.75) is 26.6 Å². The van der Waals surface area contributed by atoms with Crippen LogP contribution in [0.2, 0.25) is 0 Å². The van der Waals surface area contributed by atoms with Crippen LogP contribution in [0.15, 0.2) is 28.9 Å². The van der Waals surface area contributed by atoms with Crippen molar-refractivity contribution in [1.82, 2.24) is 14.5 Å². The molecule has 1 aliphatic rings. The lowest BCUT2D eigenvalue weighted by Gasteiger charge is -2.25. The summed E-state index contributed by atoms with van der Waals surface area (Å²) in [5, 5.41) is 0. The monoisotopic (exact) mass is 335 g/mol. The smallest absolute Gasteiger partial charge is 0.148 e. The first kappa shape index (κ1) is 13.6. The Bertz CT molecular complexity index is 624. The first-order chi connectivity index (χ1) is 9.65. The number of nitrogens with zero attached hydrogens (tertiary/aromatic N) is 3. The molecule has 5 heteroatoms. The van der Waals surface area contributed by atoms with Crippen LogP contribution in [-0.4, -0.2) is 28.0 Å². The molecule has 4 nitrogen and oxygen atoms in total. The van der Waals surface area contributed by atoms with Crippen molar-refractivity contribution in [2.24, 2.45) is 0 Å². The summed E-state index contributed by atoms with van der Waals surface area (Å²) in [6.07, 6.45) is 0. The summed E-state index contributed by atoms with van der Waals surface area (Å²) in [6, 6.07) is 8.07. The molecule has 0 spiro atoms. The van der Waals surface area contributed by atoms with E-state index in [9.17, 15) is 0 Å². The summed E-state index contributed by atoms with van der Waals surface area (Å²) in [6.45, 7) is 5.51. The van der Waals surface area contributed by atoms with Gasteiger partial charge in [-0.2, -0.15) is 0 Å².